The first-order valence-corrected chi connectivity index (χ1v) is 7.42. The van der Waals surface area contributed by atoms with Gasteiger partial charge in [-0.2, -0.15) is 0 Å². The van der Waals surface area contributed by atoms with Crippen LogP contribution in [-0.4, -0.2) is 25.9 Å². The van der Waals surface area contributed by atoms with Gasteiger partial charge in [0.25, 0.3) is 0 Å². The molecule has 0 amide bonds. The van der Waals surface area contributed by atoms with Crippen molar-refractivity contribution in [2.24, 2.45) is 5.14 Å². The second-order valence-corrected chi connectivity index (χ2v) is 6.17. The molecule has 1 aromatic carbocycles. The van der Waals surface area contributed by atoms with Gasteiger partial charge in [-0.15, -0.1) is 11.8 Å². The first kappa shape index (κ1) is 13.8. The van der Waals surface area contributed by atoms with E-state index in [9.17, 15) is 8.42 Å². The van der Waals surface area contributed by atoms with E-state index in [4.69, 9.17) is 21.8 Å². The van der Waals surface area contributed by atoms with E-state index in [0.717, 1.165) is 10.6 Å². The molecule has 1 aromatic rings. The van der Waals surface area contributed by atoms with Gasteiger partial charge in [-0.05, 0) is 24.6 Å². The van der Waals surface area contributed by atoms with Crippen LogP contribution in [0.5, 0.6) is 0 Å². The molecule has 0 bridgehead atoms. The molecule has 16 heavy (non-hydrogen) atoms. The first-order valence-electron chi connectivity index (χ1n) is 4.51. The van der Waals surface area contributed by atoms with Crippen LogP contribution in [0.15, 0.2) is 28.0 Å². The Balaban J connectivity index is 2.84. The summed E-state index contributed by atoms with van der Waals surface area (Å²) in [7, 11) is -3.70. The van der Waals surface area contributed by atoms with Crippen molar-refractivity contribution >= 4 is 33.4 Å². The Hall–Kier alpha value is -0.270. The molecule has 0 unspecified atom stereocenters. The van der Waals surface area contributed by atoms with Gasteiger partial charge >= 0.3 is 0 Å². The number of halogens is 1. The minimum atomic E-state index is -3.70. The largest absolute Gasteiger partial charge is 0.396 e. The highest BCUT2D eigenvalue weighted by Crippen LogP contribution is 2.29. The van der Waals surface area contributed by atoms with E-state index in [1.165, 1.54) is 23.9 Å². The van der Waals surface area contributed by atoms with E-state index in [0.29, 0.717) is 11.4 Å². The van der Waals surface area contributed by atoms with Gasteiger partial charge in [0.2, 0.25) is 10.0 Å². The van der Waals surface area contributed by atoms with Crippen molar-refractivity contribution in [2.75, 3.05) is 12.4 Å². The zero-order valence-corrected chi connectivity index (χ0v) is 10.8. The SMILES string of the molecule is NS(=O)(=O)c1ccc(SCCCO)c(Cl)c1. The molecule has 0 heterocycles. The third kappa shape index (κ3) is 3.95. The van der Waals surface area contributed by atoms with Crippen molar-refractivity contribution in [1.29, 1.82) is 0 Å². The van der Waals surface area contributed by atoms with Gasteiger partial charge in [0.05, 0.1) is 9.92 Å². The van der Waals surface area contributed by atoms with Crippen LogP contribution in [0, 0.1) is 0 Å². The predicted molar refractivity (Wildman–Crippen MR) is 65.3 cm³/mol. The summed E-state index contributed by atoms with van der Waals surface area (Å²) in [5.74, 6) is 0.727. The van der Waals surface area contributed by atoms with Crippen molar-refractivity contribution in [1.82, 2.24) is 0 Å². The van der Waals surface area contributed by atoms with Crippen molar-refractivity contribution in [3.63, 3.8) is 0 Å². The van der Waals surface area contributed by atoms with E-state index >= 15 is 0 Å². The van der Waals surface area contributed by atoms with Gasteiger partial charge in [0.15, 0.2) is 0 Å². The number of thioether (sulfide) groups is 1. The summed E-state index contributed by atoms with van der Waals surface area (Å²) >= 11 is 7.37. The summed E-state index contributed by atoms with van der Waals surface area (Å²) < 4.78 is 22.1. The zero-order chi connectivity index (χ0) is 12.2. The lowest BCUT2D eigenvalue weighted by molar-refractivity contribution is 0.296. The van der Waals surface area contributed by atoms with Gasteiger partial charge in [0.1, 0.15) is 0 Å². The lowest BCUT2D eigenvalue weighted by Gasteiger charge is -2.05. The molecular weight excluding hydrogens is 270 g/mol. The average Bonchev–Trinajstić information content (AvgIpc) is 2.19. The maximum atomic E-state index is 11.0. The molecule has 3 N–H and O–H groups in total. The molecule has 0 radical (unpaired) electrons. The highest BCUT2D eigenvalue weighted by atomic mass is 35.5. The maximum absolute atomic E-state index is 11.0. The predicted octanol–water partition coefficient (Wildman–Crippen LogP) is 1.46. The van der Waals surface area contributed by atoms with E-state index < -0.39 is 10.0 Å². The molecular formula is C9H12ClNO3S2. The Bertz CT molecular complexity index is 462. The molecule has 90 valence electrons. The highest BCUT2D eigenvalue weighted by Gasteiger charge is 2.10. The van der Waals surface area contributed by atoms with Gasteiger partial charge in [0, 0.05) is 17.3 Å². The normalized spacial score (nSPS) is 11.7. The number of hydrogen-bond donors (Lipinski definition) is 2. The lowest BCUT2D eigenvalue weighted by atomic mass is 10.4. The number of benzene rings is 1. The van der Waals surface area contributed by atoms with Gasteiger partial charge in [-0.3, -0.25) is 0 Å². The molecule has 4 nitrogen and oxygen atoms in total. The van der Waals surface area contributed by atoms with Crippen LogP contribution in [0.4, 0.5) is 0 Å². The van der Waals surface area contributed by atoms with E-state index in [-0.39, 0.29) is 11.5 Å². The van der Waals surface area contributed by atoms with Crippen LogP contribution < -0.4 is 5.14 Å². The summed E-state index contributed by atoms with van der Waals surface area (Å²) in [6, 6.07) is 4.37. The maximum Gasteiger partial charge on any atom is 0.238 e. The van der Waals surface area contributed by atoms with E-state index in [2.05, 4.69) is 0 Å². The van der Waals surface area contributed by atoms with Gasteiger partial charge < -0.3 is 5.11 Å². The van der Waals surface area contributed by atoms with E-state index in [1.807, 2.05) is 0 Å². The molecule has 0 fully saturated rings. The number of aliphatic hydroxyl groups excluding tert-OH is 1. The fourth-order valence-electron chi connectivity index (χ4n) is 1.02. The van der Waals surface area contributed by atoms with Crippen molar-refractivity contribution in [2.45, 2.75) is 16.2 Å². The van der Waals surface area contributed by atoms with Crippen LogP contribution in [-0.2, 0) is 10.0 Å². The van der Waals surface area contributed by atoms with Crippen LogP contribution >= 0.6 is 23.4 Å². The first-order chi connectivity index (χ1) is 7.45. The summed E-state index contributed by atoms with van der Waals surface area (Å²) in [6.45, 7) is 0.125. The Morgan fingerprint density at radius 1 is 1.44 bits per heavy atom. The minimum Gasteiger partial charge on any atom is -0.396 e. The van der Waals surface area contributed by atoms with Gasteiger partial charge in [-0.1, -0.05) is 11.6 Å². The fraction of sp³-hybridized carbons (Fsp3) is 0.333. The zero-order valence-electron chi connectivity index (χ0n) is 8.39. The molecule has 7 heteroatoms. The fourth-order valence-corrected chi connectivity index (χ4v) is 2.83. The summed E-state index contributed by atoms with van der Waals surface area (Å²) in [5, 5.41) is 13.9. The number of hydrogen-bond acceptors (Lipinski definition) is 4. The molecule has 0 saturated carbocycles. The third-order valence-corrected chi connectivity index (χ3v) is 4.29. The Kier molecular flexibility index (Phi) is 5.07. The molecule has 1 rings (SSSR count). The van der Waals surface area contributed by atoms with Crippen molar-refractivity contribution < 1.29 is 13.5 Å². The molecule has 0 atom stereocenters. The second-order valence-electron chi connectivity index (χ2n) is 3.06. The smallest absolute Gasteiger partial charge is 0.238 e. The van der Waals surface area contributed by atoms with Crippen molar-refractivity contribution in [3.8, 4) is 0 Å². The average molecular weight is 282 g/mol. The van der Waals surface area contributed by atoms with Crippen LogP contribution in [0.25, 0.3) is 0 Å². The third-order valence-electron chi connectivity index (χ3n) is 1.79. The molecule has 0 aliphatic rings. The Labute approximate surface area is 104 Å². The topological polar surface area (TPSA) is 80.4 Å². The highest BCUT2D eigenvalue weighted by molar-refractivity contribution is 7.99. The van der Waals surface area contributed by atoms with Crippen LogP contribution in [0.3, 0.4) is 0 Å². The van der Waals surface area contributed by atoms with Gasteiger partial charge in [-0.25, -0.2) is 13.6 Å². The summed E-state index contributed by atoms with van der Waals surface area (Å²) in [6.07, 6.45) is 0.665. The minimum absolute atomic E-state index is 0.00371. The molecule has 0 aliphatic heterocycles. The monoisotopic (exact) mass is 281 g/mol. The standard InChI is InChI=1S/C9H12ClNO3S2/c10-8-6-7(16(11,13)14)2-3-9(8)15-5-1-4-12/h2-3,6,12H,1,4-5H2,(H2,11,13,14). The molecule has 0 aromatic heterocycles. The summed E-state index contributed by atoms with van der Waals surface area (Å²) in [4.78, 5) is 0.784. The van der Waals surface area contributed by atoms with Crippen molar-refractivity contribution in [3.05, 3.63) is 23.2 Å². The number of rotatable bonds is 5. The lowest BCUT2D eigenvalue weighted by Crippen LogP contribution is -2.11. The Morgan fingerprint density at radius 2 is 2.12 bits per heavy atom. The number of sulfonamides is 1. The van der Waals surface area contributed by atoms with Crippen LogP contribution in [0.2, 0.25) is 5.02 Å². The molecule has 0 aliphatic carbocycles. The number of primary sulfonamides is 1. The van der Waals surface area contributed by atoms with Crippen LogP contribution in [0.1, 0.15) is 6.42 Å². The quantitative estimate of drug-likeness (QED) is 0.632. The van der Waals surface area contributed by atoms with E-state index in [1.54, 1.807) is 6.07 Å². The summed E-state index contributed by atoms with van der Waals surface area (Å²) in [5.41, 5.74) is 0. The number of nitrogens with two attached hydrogens (primary N) is 1. The second kappa shape index (κ2) is 5.88. The Morgan fingerprint density at radius 3 is 2.62 bits per heavy atom. The molecule has 0 saturated heterocycles. The molecule has 0 spiro atoms. The number of aliphatic hydroxyl groups is 1.